The van der Waals surface area contributed by atoms with Crippen molar-refractivity contribution >= 4 is 0 Å². The molecule has 1 aromatic carbocycles. The molecule has 2 nitrogen and oxygen atoms in total. The van der Waals surface area contributed by atoms with Crippen molar-refractivity contribution in [3.63, 3.8) is 0 Å². The molecule has 2 rings (SSSR count). The van der Waals surface area contributed by atoms with Crippen LogP contribution >= 0.6 is 0 Å². The van der Waals surface area contributed by atoms with Crippen LogP contribution in [0.5, 0.6) is 5.75 Å². The number of hydrogen-bond donors (Lipinski definition) is 2. The normalized spacial score (nSPS) is 18.7. The molecule has 100 valence electrons. The van der Waals surface area contributed by atoms with Gasteiger partial charge in [-0.2, -0.15) is 0 Å². The van der Waals surface area contributed by atoms with Crippen molar-refractivity contribution in [2.45, 2.75) is 51.5 Å². The summed E-state index contributed by atoms with van der Waals surface area (Å²) in [6.07, 6.45) is 8.10. The highest BCUT2D eigenvalue weighted by Crippen LogP contribution is 2.23. The summed E-state index contributed by atoms with van der Waals surface area (Å²) in [5.41, 5.74) is 1.29. The van der Waals surface area contributed by atoms with Gasteiger partial charge in [-0.3, -0.25) is 0 Å². The van der Waals surface area contributed by atoms with Crippen molar-refractivity contribution in [2.24, 2.45) is 5.92 Å². The lowest BCUT2D eigenvalue weighted by Gasteiger charge is -2.24. The number of benzene rings is 1. The van der Waals surface area contributed by atoms with Crippen LogP contribution < -0.4 is 5.32 Å². The molecule has 2 heteroatoms. The van der Waals surface area contributed by atoms with Crippen LogP contribution in [0.25, 0.3) is 0 Å². The highest BCUT2D eigenvalue weighted by Gasteiger charge is 2.14. The second-order valence-corrected chi connectivity index (χ2v) is 5.68. The van der Waals surface area contributed by atoms with E-state index in [0.717, 1.165) is 12.3 Å². The third-order valence-corrected chi connectivity index (χ3v) is 3.96. The Bertz CT molecular complexity index is 341. The molecule has 18 heavy (non-hydrogen) atoms. The lowest BCUT2D eigenvalue weighted by atomic mass is 9.89. The maximum atomic E-state index is 9.25. The number of aromatic hydroxyl groups is 1. The first-order valence-corrected chi connectivity index (χ1v) is 7.25. The van der Waals surface area contributed by atoms with Crippen molar-refractivity contribution in [3.05, 3.63) is 29.8 Å². The zero-order chi connectivity index (χ0) is 12.8. The third-order valence-electron chi connectivity index (χ3n) is 3.96. The molecule has 0 amide bonds. The van der Waals surface area contributed by atoms with Gasteiger partial charge < -0.3 is 10.4 Å². The quantitative estimate of drug-likeness (QED) is 0.834. The smallest absolute Gasteiger partial charge is 0.115 e. The Hall–Kier alpha value is -1.02. The molecule has 0 spiro atoms. The van der Waals surface area contributed by atoms with Gasteiger partial charge in [0.15, 0.2) is 0 Å². The summed E-state index contributed by atoms with van der Waals surface area (Å²) in [5.74, 6) is 1.24. The Morgan fingerprint density at radius 1 is 1.17 bits per heavy atom. The van der Waals surface area contributed by atoms with E-state index in [9.17, 15) is 5.11 Å². The van der Waals surface area contributed by atoms with Gasteiger partial charge in [-0.1, -0.05) is 31.4 Å². The van der Waals surface area contributed by atoms with Crippen LogP contribution in [0.1, 0.15) is 44.6 Å². The fraction of sp³-hybridized carbons (Fsp3) is 0.625. The average molecular weight is 247 g/mol. The molecular formula is C16H25NO. The first kappa shape index (κ1) is 13.4. The summed E-state index contributed by atoms with van der Waals surface area (Å²) in [7, 11) is 0. The number of phenols is 1. The molecule has 0 saturated heterocycles. The minimum atomic E-state index is 0.349. The van der Waals surface area contributed by atoms with E-state index in [0.29, 0.717) is 11.8 Å². The molecule has 1 atom stereocenters. The Morgan fingerprint density at radius 2 is 1.83 bits per heavy atom. The summed E-state index contributed by atoms with van der Waals surface area (Å²) in [4.78, 5) is 0. The van der Waals surface area contributed by atoms with Gasteiger partial charge in [0.05, 0.1) is 0 Å². The highest BCUT2D eigenvalue weighted by atomic mass is 16.3. The third kappa shape index (κ3) is 4.34. The van der Waals surface area contributed by atoms with Crippen LogP contribution in [0.3, 0.4) is 0 Å². The lowest BCUT2D eigenvalue weighted by Crippen LogP contribution is -2.33. The van der Waals surface area contributed by atoms with E-state index in [1.165, 1.54) is 44.2 Å². The van der Waals surface area contributed by atoms with Gasteiger partial charge in [-0.25, -0.2) is 0 Å². The number of phenolic OH excluding ortho intramolecular Hbond substituents is 1. The fourth-order valence-electron chi connectivity index (χ4n) is 2.82. The summed E-state index contributed by atoms with van der Waals surface area (Å²) in [6, 6.07) is 8.06. The van der Waals surface area contributed by atoms with Gasteiger partial charge in [-0.05, 0) is 56.3 Å². The molecule has 0 aromatic heterocycles. The van der Waals surface area contributed by atoms with Gasteiger partial charge in [0, 0.05) is 6.04 Å². The lowest BCUT2D eigenvalue weighted by molar-refractivity contribution is 0.330. The Kier molecular flexibility index (Phi) is 5.06. The zero-order valence-electron chi connectivity index (χ0n) is 11.4. The second kappa shape index (κ2) is 6.79. The van der Waals surface area contributed by atoms with E-state index in [2.05, 4.69) is 12.2 Å². The van der Waals surface area contributed by atoms with E-state index in [4.69, 9.17) is 0 Å². The minimum absolute atomic E-state index is 0.349. The number of nitrogens with one attached hydrogen (secondary N) is 1. The molecule has 1 saturated carbocycles. The van der Waals surface area contributed by atoms with Crippen LogP contribution in [0.4, 0.5) is 0 Å². The topological polar surface area (TPSA) is 32.3 Å². The molecule has 2 N–H and O–H groups in total. The van der Waals surface area contributed by atoms with E-state index >= 15 is 0 Å². The largest absolute Gasteiger partial charge is 0.508 e. The van der Waals surface area contributed by atoms with Crippen molar-refractivity contribution in [2.75, 3.05) is 6.54 Å². The molecule has 0 radical (unpaired) electrons. The van der Waals surface area contributed by atoms with Crippen LogP contribution in [0, 0.1) is 5.92 Å². The maximum Gasteiger partial charge on any atom is 0.115 e. The van der Waals surface area contributed by atoms with Crippen molar-refractivity contribution in [3.8, 4) is 5.75 Å². The minimum Gasteiger partial charge on any atom is -0.508 e. The van der Waals surface area contributed by atoms with Crippen LogP contribution in [0.15, 0.2) is 24.3 Å². The second-order valence-electron chi connectivity index (χ2n) is 5.68. The summed E-state index contributed by atoms with van der Waals surface area (Å²) in [6.45, 7) is 3.41. The number of hydrogen-bond acceptors (Lipinski definition) is 2. The molecule has 0 aliphatic heterocycles. The first-order valence-electron chi connectivity index (χ1n) is 7.25. The predicted octanol–water partition coefficient (Wildman–Crippen LogP) is 3.49. The Labute approximate surface area is 110 Å². The summed E-state index contributed by atoms with van der Waals surface area (Å²) < 4.78 is 0. The molecule has 1 aliphatic carbocycles. The maximum absolute atomic E-state index is 9.25. The summed E-state index contributed by atoms with van der Waals surface area (Å²) in [5, 5.41) is 12.9. The van der Waals surface area contributed by atoms with Gasteiger partial charge in [0.25, 0.3) is 0 Å². The molecule has 1 unspecified atom stereocenters. The molecule has 0 heterocycles. The van der Waals surface area contributed by atoms with Crippen LogP contribution in [0.2, 0.25) is 0 Å². The highest BCUT2D eigenvalue weighted by molar-refractivity contribution is 5.26. The monoisotopic (exact) mass is 247 g/mol. The molecule has 0 bridgehead atoms. The standard InChI is InChI=1S/C16H25NO/c1-13(11-14-7-9-16(18)10-8-14)17-12-15-5-3-2-4-6-15/h7-10,13,15,17-18H,2-6,11-12H2,1H3. The Morgan fingerprint density at radius 3 is 2.50 bits per heavy atom. The van der Waals surface area contributed by atoms with Crippen molar-refractivity contribution in [1.29, 1.82) is 0 Å². The van der Waals surface area contributed by atoms with Crippen LogP contribution in [-0.2, 0) is 6.42 Å². The fourth-order valence-corrected chi connectivity index (χ4v) is 2.82. The molecule has 1 fully saturated rings. The van der Waals surface area contributed by atoms with Crippen molar-refractivity contribution < 1.29 is 5.11 Å². The zero-order valence-corrected chi connectivity index (χ0v) is 11.4. The van der Waals surface area contributed by atoms with E-state index in [1.807, 2.05) is 12.1 Å². The first-order chi connectivity index (χ1) is 8.74. The average Bonchev–Trinajstić information content (AvgIpc) is 2.40. The Balaban J connectivity index is 1.71. The van der Waals surface area contributed by atoms with Gasteiger partial charge in [0.1, 0.15) is 5.75 Å². The van der Waals surface area contributed by atoms with Crippen molar-refractivity contribution in [1.82, 2.24) is 5.32 Å². The van der Waals surface area contributed by atoms with Gasteiger partial charge in [-0.15, -0.1) is 0 Å². The van der Waals surface area contributed by atoms with Gasteiger partial charge >= 0.3 is 0 Å². The predicted molar refractivity (Wildman–Crippen MR) is 75.9 cm³/mol. The summed E-state index contributed by atoms with van der Waals surface area (Å²) >= 11 is 0. The molecule has 1 aromatic rings. The number of rotatable bonds is 5. The molecular weight excluding hydrogens is 222 g/mol. The molecule has 1 aliphatic rings. The van der Waals surface area contributed by atoms with Gasteiger partial charge in [0.2, 0.25) is 0 Å². The SMILES string of the molecule is CC(Cc1ccc(O)cc1)NCC1CCCCC1. The van der Waals surface area contributed by atoms with E-state index in [1.54, 1.807) is 12.1 Å². The van der Waals surface area contributed by atoms with E-state index in [-0.39, 0.29) is 0 Å². The van der Waals surface area contributed by atoms with E-state index < -0.39 is 0 Å². The van der Waals surface area contributed by atoms with Crippen LogP contribution in [-0.4, -0.2) is 17.7 Å².